The van der Waals surface area contributed by atoms with Crippen molar-refractivity contribution in [2.75, 3.05) is 0 Å². The Balaban J connectivity index is 0.00000126. The van der Waals surface area contributed by atoms with Crippen LogP contribution in [0.4, 0.5) is 8.78 Å². The van der Waals surface area contributed by atoms with Crippen LogP contribution in [0, 0.1) is 11.6 Å². The first-order valence-corrected chi connectivity index (χ1v) is 10.6. The maximum atomic E-state index is 13.8. The quantitative estimate of drug-likeness (QED) is 0.811. The smallest absolute Gasteiger partial charge is 0.240 e. The maximum Gasteiger partial charge on any atom is 0.240 e. The van der Waals surface area contributed by atoms with Crippen LogP contribution in [0.2, 0.25) is 0 Å². The van der Waals surface area contributed by atoms with Gasteiger partial charge in [-0.25, -0.2) is 21.9 Å². The number of benzene rings is 2. The van der Waals surface area contributed by atoms with E-state index >= 15 is 0 Å². The first-order valence-electron chi connectivity index (χ1n) is 9.11. The average Bonchev–Trinajstić information content (AvgIpc) is 2.65. The molecule has 0 bridgehead atoms. The number of rotatable bonds is 4. The van der Waals surface area contributed by atoms with Crippen molar-refractivity contribution in [1.82, 2.24) is 4.72 Å². The summed E-state index contributed by atoms with van der Waals surface area (Å²) in [6.45, 7) is 4.00. The Morgan fingerprint density at radius 2 is 1.56 bits per heavy atom. The van der Waals surface area contributed by atoms with Crippen LogP contribution in [0.1, 0.15) is 39.5 Å². The number of nitrogens with one attached hydrogen (secondary N) is 1. The third-order valence-corrected chi connectivity index (χ3v) is 5.96. The lowest BCUT2D eigenvalue weighted by Gasteiger charge is -2.26. The highest BCUT2D eigenvalue weighted by molar-refractivity contribution is 7.89. The van der Waals surface area contributed by atoms with Gasteiger partial charge in [0, 0.05) is 17.7 Å². The van der Waals surface area contributed by atoms with Crippen LogP contribution in [0.5, 0.6) is 0 Å². The van der Waals surface area contributed by atoms with Crippen molar-refractivity contribution in [3.05, 3.63) is 54.1 Å². The van der Waals surface area contributed by atoms with Gasteiger partial charge >= 0.3 is 0 Å². The molecule has 0 amide bonds. The molecule has 0 spiro atoms. The number of hydrogen-bond acceptors (Lipinski definition) is 3. The van der Waals surface area contributed by atoms with Crippen molar-refractivity contribution >= 4 is 10.0 Å². The Kier molecular flexibility index (Phi) is 7.47. The Hall–Kier alpha value is -1.83. The summed E-state index contributed by atoms with van der Waals surface area (Å²) in [6, 6.07) is 8.87. The molecule has 0 unspecified atom stereocenters. The second-order valence-electron chi connectivity index (χ2n) is 6.28. The minimum atomic E-state index is -3.68. The predicted molar refractivity (Wildman–Crippen MR) is 102 cm³/mol. The van der Waals surface area contributed by atoms with E-state index in [-0.39, 0.29) is 22.6 Å². The Labute approximate surface area is 159 Å². The van der Waals surface area contributed by atoms with Gasteiger partial charge in [0.1, 0.15) is 11.6 Å². The molecule has 27 heavy (non-hydrogen) atoms. The van der Waals surface area contributed by atoms with E-state index in [0.29, 0.717) is 31.2 Å². The summed E-state index contributed by atoms with van der Waals surface area (Å²) in [5, 5.41) is 9.49. The summed E-state index contributed by atoms with van der Waals surface area (Å²) >= 11 is 0. The zero-order valence-electron chi connectivity index (χ0n) is 15.5. The van der Waals surface area contributed by atoms with Gasteiger partial charge in [-0.1, -0.05) is 26.0 Å². The van der Waals surface area contributed by atoms with Gasteiger partial charge in [0.2, 0.25) is 10.0 Å². The molecule has 1 saturated carbocycles. The number of sulfonamides is 1. The van der Waals surface area contributed by atoms with Gasteiger partial charge in [0.15, 0.2) is 0 Å². The van der Waals surface area contributed by atoms with Crippen LogP contribution in [-0.2, 0) is 10.0 Å². The summed E-state index contributed by atoms with van der Waals surface area (Å²) in [7, 11) is -3.68. The Morgan fingerprint density at radius 3 is 2.11 bits per heavy atom. The van der Waals surface area contributed by atoms with E-state index < -0.39 is 21.7 Å². The lowest BCUT2D eigenvalue weighted by Crippen LogP contribution is -2.38. The van der Waals surface area contributed by atoms with Gasteiger partial charge in [-0.2, -0.15) is 0 Å². The molecule has 2 N–H and O–H groups in total. The van der Waals surface area contributed by atoms with Gasteiger partial charge in [0.25, 0.3) is 0 Å². The molecular formula is C20H25F2NO3S. The highest BCUT2D eigenvalue weighted by Gasteiger charge is 2.24. The van der Waals surface area contributed by atoms with Gasteiger partial charge in [-0.3, -0.25) is 0 Å². The Morgan fingerprint density at radius 1 is 0.963 bits per heavy atom. The topological polar surface area (TPSA) is 66.4 Å². The minimum absolute atomic E-state index is 0.0879. The van der Waals surface area contributed by atoms with Gasteiger partial charge in [-0.05, 0) is 55.5 Å². The molecule has 1 aliphatic rings. The number of aliphatic hydroxyl groups excluding tert-OH is 1. The standard InChI is InChI=1S/C18H19F2NO3S.C2H6/c19-13-3-10-17(18(20)11-13)12-1-8-16(9-2-12)25(23,24)21-14-4-6-15(22)7-5-14;1-2/h1-3,8-11,14-15,21-22H,4-7H2;1-2H3. The van der Waals surface area contributed by atoms with E-state index in [1.54, 1.807) is 0 Å². The summed E-state index contributed by atoms with van der Waals surface area (Å²) < 4.78 is 54.3. The second-order valence-corrected chi connectivity index (χ2v) is 7.99. The predicted octanol–water partition coefficient (Wildman–Crippen LogP) is 4.24. The van der Waals surface area contributed by atoms with Crippen molar-refractivity contribution in [3.8, 4) is 11.1 Å². The monoisotopic (exact) mass is 397 g/mol. The first kappa shape index (κ1) is 21.5. The molecule has 0 radical (unpaired) electrons. The summed E-state index contributed by atoms with van der Waals surface area (Å²) in [6.07, 6.45) is 2.00. The molecule has 0 heterocycles. The molecule has 0 aliphatic heterocycles. The van der Waals surface area contributed by atoms with Crippen LogP contribution in [0.25, 0.3) is 11.1 Å². The molecule has 0 aromatic heterocycles. The fourth-order valence-corrected chi connectivity index (χ4v) is 4.32. The van der Waals surface area contributed by atoms with Crippen LogP contribution in [-0.4, -0.2) is 25.7 Å². The second kappa shape index (κ2) is 9.39. The number of hydrogen-bond donors (Lipinski definition) is 2. The lowest BCUT2D eigenvalue weighted by atomic mass is 9.94. The summed E-state index contributed by atoms with van der Waals surface area (Å²) in [5.74, 6) is -1.36. The fraction of sp³-hybridized carbons (Fsp3) is 0.400. The van der Waals surface area contributed by atoms with Crippen LogP contribution in [0.15, 0.2) is 47.4 Å². The van der Waals surface area contributed by atoms with Crippen molar-refractivity contribution in [3.63, 3.8) is 0 Å². The van der Waals surface area contributed by atoms with Gasteiger partial charge in [-0.15, -0.1) is 0 Å². The number of aliphatic hydroxyl groups is 1. The van der Waals surface area contributed by atoms with E-state index in [1.807, 2.05) is 13.8 Å². The molecule has 3 rings (SSSR count). The molecule has 2 aromatic carbocycles. The molecule has 4 nitrogen and oxygen atoms in total. The molecule has 0 saturated heterocycles. The zero-order chi connectivity index (χ0) is 20.0. The van der Waals surface area contributed by atoms with E-state index in [1.165, 1.54) is 30.3 Å². The van der Waals surface area contributed by atoms with Gasteiger partial charge in [0.05, 0.1) is 11.0 Å². The lowest BCUT2D eigenvalue weighted by molar-refractivity contribution is 0.120. The first-order chi connectivity index (χ1) is 12.8. The van der Waals surface area contributed by atoms with E-state index in [4.69, 9.17) is 0 Å². The molecule has 148 valence electrons. The third-order valence-electron chi connectivity index (χ3n) is 4.43. The van der Waals surface area contributed by atoms with E-state index in [0.717, 1.165) is 12.1 Å². The summed E-state index contributed by atoms with van der Waals surface area (Å²) in [5.41, 5.74) is 0.678. The van der Waals surface area contributed by atoms with Crippen LogP contribution < -0.4 is 4.72 Å². The minimum Gasteiger partial charge on any atom is -0.393 e. The highest BCUT2D eigenvalue weighted by Crippen LogP contribution is 2.25. The molecule has 1 aliphatic carbocycles. The average molecular weight is 397 g/mol. The zero-order valence-corrected chi connectivity index (χ0v) is 16.3. The SMILES string of the molecule is CC.O=S(=O)(NC1CCC(O)CC1)c1ccc(-c2ccc(F)cc2F)cc1. The highest BCUT2D eigenvalue weighted by atomic mass is 32.2. The van der Waals surface area contributed by atoms with Crippen molar-refractivity contribution in [1.29, 1.82) is 0 Å². The van der Waals surface area contributed by atoms with Crippen molar-refractivity contribution in [2.45, 2.75) is 56.6 Å². The molecular weight excluding hydrogens is 372 g/mol. The van der Waals surface area contributed by atoms with Gasteiger partial charge < -0.3 is 5.11 Å². The largest absolute Gasteiger partial charge is 0.393 e. The van der Waals surface area contributed by atoms with E-state index in [2.05, 4.69) is 4.72 Å². The fourth-order valence-electron chi connectivity index (χ4n) is 3.02. The van der Waals surface area contributed by atoms with Crippen molar-refractivity contribution in [2.24, 2.45) is 0 Å². The number of halogens is 2. The Bertz CT molecular complexity index is 846. The molecule has 1 fully saturated rings. The normalized spacial score (nSPS) is 19.9. The molecule has 2 aromatic rings. The van der Waals surface area contributed by atoms with Crippen LogP contribution in [0.3, 0.4) is 0 Å². The summed E-state index contributed by atoms with van der Waals surface area (Å²) in [4.78, 5) is 0.0879. The van der Waals surface area contributed by atoms with Crippen LogP contribution >= 0.6 is 0 Å². The third kappa shape index (κ3) is 5.57. The maximum absolute atomic E-state index is 13.8. The van der Waals surface area contributed by atoms with Crippen molar-refractivity contribution < 1.29 is 22.3 Å². The molecule has 0 atom stereocenters. The molecule has 7 heteroatoms. The van der Waals surface area contributed by atoms with E-state index in [9.17, 15) is 22.3 Å².